The minimum atomic E-state index is -5.73. The summed E-state index contributed by atoms with van der Waals surface area (Å²) in [5, 5.41) is 0. The smallest absolute Gasteiger partial charge is 0.376 e. The molecule has 3 saturated carbocycles. The molecular formula is C31H37F3O6S. The van der Waals surface area contributed by atoms with Gasteiger partial charge in [0, 0.05) is 18.3 Å². The van der Waals surface area contributed by atoms with Gasteiger partial charge in [0.25, 0.3) is 0 Å². The predicted molar refractivity (Wildman–Crippen MR) is 144 cm³/mol. The van der Waals surface area contributed by atoms with Crippen LogP contribution in [0, 0.1) is 29.1 Å². The maximum Gasteiger partial charge on any atom is 0.534 e. The first-order chi connectivity index (χ1) is 19.4. The maximum atomic E-state index is 12.9. The van der Waals surface area contributed by atoms with E-state index < -0.39 is 21.4 Å². The van der Waals surface area contributed by atoms with Gasteiger partial charge in [-0.15, -0.1) is 0 Å². The number of ether oxygens (including phenoxy) is 3. The van der Waals surface area contributed by atoms with Crippen LogP contribution in [0.15, 0.2) is 48.1 Å². The third kappa shape index (κ3) is 4.10. The molecule has 6 nitrogen and oxygen atoms in total. The lowest BCUT2D eigenvalue weighted by Gasteiger charge is -2.59. The molecule has 3 unspecified atom stereocenters. The summed E-state index contributed by atoms with van der Waals surface area (Å²) in [7, 11) is -5.73. The Morgan fingerprint density at radius 1 is 1.00 bits per heavy atom. The van der Waals surface area contributed by atoms with Crippen molar-refractivity contribution in [2.75, 3.05) is 19.8 Å². The molecule has 0 amide bonds. The van der Waals surface area contributed by atoms with Crippen LogP contribution in [0.3, 0.4) is 0 Å². The van der Waals surface area contributed by atoms with Crippen LogP contribution in [0.4, 0.5) is 13.2 Å². The maximum absolute atomic E-state index is 12.9. The van der Waals surface area contributed by atoms with Gasteiger partial charge in [0.1, 0.15) is 5.75 Å². The van der Waals surface area contributed by atoms with Crippen molar-refractivity contribution in [1.82, 2.24) is 0 Å². The molecule has 2 spiro atoms. The molecule has 0 N–H and O–H groups in total. The highest BCUT2D eigenvalue weighted by Gasteiger charge is 2.67. The Morgan fingerprint density at radius 3 is 2.39 bits per heavy atom. The Hall–Kier alpha value is -1.88. The van der Waals surface area contributed by atoms with Crippen LogP contribution in [0.2, 0.25) is 0 Å². The van der Waals surface area contributed by atoms with Crippen molar-refractivity contribution in [2.24, 2.45) is 29.1 Å². The molecule has 2 aliphatic heterocycles. The van der Waals surface area contributed by atoms with Gasteiger partial charge in [-0.25, -0.2) is 0 Å². The summed E-state index contributed by atoms with van der Waals surface area (Å²) in [6.07, 6.45) is 9.81. The number of hydrogen-bond acceptors (Lipinski definition) is 6. The van der Waals surface area contributed by atoms with Crippen molar-refractivity contribution in [3.63, 3.8) is 0 Å². The van der Waals surface area contributed by atoms with E-state index in [0.717, 1.165) is 56.9 Å². The van der Waals surface area contributed by atoms with Crippen LogP contribution >= 0.6 is 0 Å². The van der Waals surface area contributed by atoms with E-state index in [1.165, 1.54) is 23.3 Å². The zero-order valence-corrected chi connectivity index (χ0v) is 24.1. The van der Waals surface area contributed by atoms with Gasteiger partial charge < -0.3 is 18.4 Å². The number of alkyl halides is 3. The third-order valence-electron chi connectivity index (χ3n) is 11.5. The van der Waals surface area contributed by atoms with Gasteiger partial charge in [-0.1, -0.05) is 37.3 Å². The molecule has 6 aliphatic rings. The summed E-state index contributed by atoms with van der Waals surface area (Å²) in [6, 6.07) is 6.22. The van der Waals surface area contributed by atoms with Crippen molar-refractivity contribution in [1.29, 1.82) is 0 Å². The van der Waals surface area contributed by atoms with Crippen LogP contribution < -0.4 is 4.18 Å². The summed E-state index contributed by atoms with van der Waals surface area (Å²) >= 11 is 0. The molecule has 0 aromatic heterocycles. The average Bonchev–Trinajstić information content (AvgIpc) is 3.61. The minimum absolute atomic E-state index is 0.120. The molecule has 0 bridgehead atoms. The first-order valence-corrected chi connectivity index (χ1v) is 16.2. The molecule has 1 aromatic carbocycles. The molecule has 10 heteroatoms. The normalized spacial score (nSPS) is 39.9. The number of rotatable bonds is 3. The van der Waals surface area contributed by atoms with Gasteiger partial charge in [0.15, 0.2) is 5.79 Å². The fourth-order valence-electron chi connectivity index (χ4n) is 9.86. The second kappa shape index (κ2) is 9.31. The predicted octanol–water partition coefficient (Wildman–Crippen LogP) is 6.64. The highest BCUT2D eigenvalue weighted by atomic mass is 32.2. The second-order valence-corrected chi connectivity index (χ2v) is 14.7. The molecule has 0 radical (unpaired) electrons. The molecule has 2 saturated heterocycles. The van der Waals surface area contributed by atoms with Crippen molar-refractivity contribution in [3.05, 3.63) is 53.6 Å². The molecule has 5 fully saturated rings. The largest absolute Gasteiger partial charge is 0.534 e. The van der Waals surface area contributed by atoms with Crippen molar-refractivity contribution in [3.8, 4) is 5.75 Å². The topological polar surface area (TPSA) is 71.1 Å². The van der Waals surface area contributed by atoms with Crippen LogP contribution in [-0.2, 0) is 24.3 Å². The van der Waals surface area contributed by atoms with Gasteiger partial charge in [0.05, 0.1) is 25.4 Å². The molecule has 4 aliphatic carbocycles. The van der Waals surface area contributed by atoms with Gasteiger partial charge in [-0.3, -0.25) is 0 Å². The van der Waals surface area contributed by atoms with E-state index in [-0.39, 0.29) is 22.7 Å². The van der Waals surface area contributed by atoms with E-state index in [2.05, 4.69) is 23.8 Å². The first-order valence-electron chi connectivity index (χ1n) is 14.8. The van der Waals surface area contributed by atoms with Crippen LogP contribution in [0.1, 0.15) is 69.8 Å². The lowest BCUT2D eigenvalue weighted by molar-refractivity contribution is -0.178. The fourth-order valence-corrected chi connectivity index (χ4v) is 10.3. The molecule has 2 heterocycles. The summed E-state index contributed by atoms with van der Waals surface area (Å²) in [6.45, 7) is 8.77. The molecule has 224 valence electrons. The lowest BCUT2D eigenvalue weighted by Crippen LogP contribution is -2.55. The van der Waals surface area contributed by atoms with Gasteiger partial charge in [0.2, 0.25) is 0 Å². The van der Waals surface area contributed by atoms with Crippen LogP contribution in [0.25, 0.3) is 0 Å². The monoisotopic (exact) mass is 594 g/mol. The summed E-state index contributed by atoms with van der Waals surface area (Å²) in [4.78, 5) is 0. The Morgan fingerprint density at radius 2 is 1.73 bits per heavy atom. The number of allylic oxidation sites excluding steroid dienone is 1. The Labute approximate surface area is 239 Å². The van der Waals surface area contributed by atoms with Crippen molar-refractivity contribution < 1.29 is 40.0 Å². The van der Waals surface area contributed by atoms with Crippen molar-refractivity contribution in [2.45, 2.75) is 81.1 Å². The Balaban J connectivity index is 1.26. The van der Waals surface area contributed by atoms with E-state index in [4.69, 9.17) is 14.2 Å². The summed E-state index contributed by atoms with van der Waals surface area (Å²) in [5.74, 6) is 0.899. The summed E-state index contributed by atoms with van der Waals surface area (Å²) in [5.41, 5.74) is -2.38. The van der Waals surface area contributed by atoms with Gasteiger partial charge >= 0.3 is 15.6 Å². The van der Waals surface area contributed by atoms with E-state index in [1.54, 1.807) is 12.1 Å². The standard InChI is InChI=1S/C31H37F3O6S/c1-19-11-14-39-30(19)13-10-26-24-8-5-21-17-29(37-15-16-38-29)12-9-23(21)27(24)25(18-28(26,30)2)20-3-6-22(7-4-20)40-41(35,36)31(32,33)34/h3-7,23-27H,1,8-18H2,2H3/t23-,24?,25+,26?,27?,28-,30-/m0/s1. The Bertz CT molecular complexity index is 1360. The Kier molecular flexibility index (Phi) is 6.34. The SMILES string of the molecule is C=C1CCO[C@@]12CCC1C3CC=C4CC5(CC[C@@H]4C3[C@@H](c3ccc(OS(=O)(=O)C(F)(F)F)cc3)C[C@@]12C)OCCO5. The van der Waals surface area contributed by atoms with Gasteiger partial charge in [-0.05, 0) is 91.4 Å². The fraction of sp³-hybridized carbons (Fsp3) is 0.677. The summed E-state index contributed by atoms with van der Waals surface area (Å²) < 4.78 is 85.2. The van der Waals surface area contributed by atoms with Crippen molar-refractivity contribution >= 4 is 10.1 Å². The van der Waals surface area contributed by atoms with Crippen LogP contribution in [-0.4, -0.2) is 45.1 Å². The van der Waals surface area contributed by atoms with E-state index >= 15 is 0 Å². The van der Waals surface area contributed by atoms with Crippen LogP contribution in [0.5, 0.6) is 5.75 Å². The zero-order chi connectivity index (χ0) is 28.8. The molecule has 7 atom stereocenters. The number of benzene rings is 1. The van der Waals surface area contributed by atoms with E-state index in [1.807, 2.05) is 0 Å². The second-order valence-electron chi connectivity index (χ2n) is 13.1. The molecule has 41 heavy (non-hydrogen) atoms. The highest BCUT2D eigenvalue weighted by Crippen LogP contribution is 2.71. The zero-order valence-electron chi connectivity index (χ0n) is 23.3. The third-order valence-corrected chi connectivity index (χ3v) is 12.5. The average molecular weight is 595 g/mol. The lowest BCUT2D eigenvalue weighted by atomic mass is 9.46. The quantitative estimate of drug-likeness (QED) is 0.222. The molecular weight excluding hydrogens is 557 g/mol. The minimum Gasteiger partial charge on any atom is -0.376 e. The van der Waals surface area contributed by atoms with E-state index in [0.29, 0.717) is 43.5 Å². The van der Waals surface area contributed by atoms with E-state index in [9.17, 15) is 21.6 Å². The highest BCUT2D eigenvalue weighted by molar-refractivity contribution is 7.88. The first kappa shape index (κ1) is 27.9. The number of hydrogen-bond donors (Lipinski definition) is 0. The number of fused-ring (bicyclic) bond motifs is 6. The molecule has 7 rings (SSSR count). The van der Waals surface area contributed by atoms with Gasteiger partial charge in [-0.2, -0.15) is 21.6 Å². The number of halogens is 3. The molecule has 1 aromatic rings.